The van der Waals surface area contributed by atoms with E-state index in [2.05, 4.69) is 5.32 Å². The molecule has 0 amide bonds. The van der Waals surface area contributed by atoms with Gasteiger partial charge in [-0.1, -0.05) is 12.1 Å². The normalized spacial score (nSPS) is 24.9. The Bertz CT molecular complexity index is 424. The maximum absolute atomic E-state index is 13.0. The highest BCUT2D eigenvalue weighted by Crippen LogP contribution is 2.37. The first-order valence-electron chi connectivity index (χ1n) is 6.42. The fraction of sp³-hybridized carbons (Fsp3) is 0.571. The zero-order valence-corrected chi connectivity index (χ0v) is 10.7. The van der Waals surface area contributed by atoms with Crippen LogP contribution < -0.4 is 5.32 Å². The van der Waals surface area contributed by atoms with Gasteiger partial charge in [0, 0.05) is 12.1 Å². The third-order valence-electron chi connectivity index (χ3n) is 3.52. The molecule has 2 rings (SSSR count). The summed E-state index contributed by atoms with van der Waals surface area (Å²) >= 11 is 0. The van der Waals surface area contributed by atoms with Crippen LogP contribution in [-0.2, 0) is 0 Å². The summed E-state index contributed by atoms with van der Waals surface area (Å²) in [7, 11) is 0. The van der Waals surface area contributed by atoms with Crippen LogP contribution in [0.4, 0.5) is 17.6 Å². The molecule has 106 valence electrons. The highest BCUT2D eigenvalue weighted by molar-refractivity contribution is 5.23. The van der Waals surface area contributed by atoms with Gasteiger partial charge in [-0.05, 0) is 43.4 Å². The molecule has 0 saturated heterocycles. The molecule has 0 heterocycles. The van der Waals surface area contributed by atoms with Gasteiger partial charge in [0.1, 0.15) is 5.82 Å². The molecular formula is C14H17F4N. The number of benzene rings is 1. The van der Waals surface area contributed by atoms with Gasteiger partial charge in [-0.15, -0.1) is 0 Å². The predicted molar refractivity (Wildman–Crippen MR) is 65.4 cm³/mol. The summed E-state index contributed by atoms with van der Waals surface area (Å²) in [6.07, 6.45) is -3.40. The minimum atomic E-state index is -4.13. The van der Waals surface area contributed by atoms with Crippen LogP contribution >= 0.6 is 0 Å². The SMILES string of the molecule is CC(CC(F)(F)F)NC1CC(c2cccc(F)c2)C1. The topological polar surface area (TPSA) is 12.0 Å². The fourth-order valence-corrected chi connectivity index (χ4v) is 2.60. The lowest BCUT2D eigenvalue weighted by Crippen LogP contribution is -2.45. The van der Waals surface area contributed by atoms with Crippen molar-refractivity contribution < 1.29 is 17.6 Å². The molecule has 0 spiro atoms. The van der Waals surface area contributed by atoms with Crippen LogP contribution in [0, 0.1) is 5.82 Å². The van der Waals surface area contributed by atoms with Gasteiger partial charge in [0.15, 0.2) is 0 Å². The van der Waals surface area contributed by atoms with E-state index in [-0.39, 0.29) is 17.8 Å². The Labute approximate surface area is 110 Å². The van der Waals surface area contributed by atoms with Crippen LogP contribution in [0.3, 0.4) is 0 Å². The van der Waals surface area contributed by atoms with Crippen LogP contribution in [0.2, 0.25) is 0 Å². The molecule has 1 aromatic carbocycles. The van der Waals surface area contributed by atoms with Crippen LogP contribution in [0.5, 0.6) is 0 Å². The van der Waals surface area contributed by atoms with Crippen molar-refractivity contribution in [2.75, 3.05) is 0 Å². The highest BCUT2D eigenvalue weighted by Gasteiger charge is 2.34. The second-order valence-electron chi connectivity index (χ2n) is 5.31. The van der Waals surface area contributed by atoms with Gasteiger partial charge >= 0.3 is 6.18 Å². The van der Waals surface area contributed by atoms with E-state index in [1.165, 1.54) is 12.1 Å². The monoisotopic (exact) mass is 275 g/mol. The highest BCUT2D eigenvalue weighted by atomic mass is 19.4. The lowest BCUT2D eigenvalue weighted by atomic mass is 9.75. The number of rotatable bonds is 4. The summed E-state index contributed by atoms with van der Waals surface area (Å²) < 4.78 is 49.6. The van der Waals surface area contributed by atoms with E-state index < -0.39 is 18.6 Å². The smallest absolute Gasteiger partial charge is 0.311 e. The van der Waals surface area contributed by atoms with Crippen LogP contribution in [0.15, 0.2) is 24.3 Å². The number of halogens is 4. The maximum atomic E-state index is 13.0. The van der Waals surface area contributed by atoms with Crippen LogP contribution in [0.25, 0.3) is 0 Å². The third-order valence-corrected chi connectivity index (χ3v) is 3.52. The molecule has 1 aromatic rings. The lowest BCUT2D eigenvalue weighted by molar-refractivity contribution is -0.139. The summed E-state index contributed by atoms with van der Waals surface area (Å²) in [5.41, 5.74) is 0.932. The van der Waals surface area contributed by atoms with E-state index in [0.29, 0.717) is 0 Å². The molecular weight excluding hydrogens is 258 g/mol. The van der Waals surface area contributed by atoms with Gasteiger partial charge in [-0.25, -0.2) is 4.39 Å². The van der Waals surface area contributed by atoms with Crippen molar-refractivity contribution in [2.45, 2.75) is 50.4 Å². The second kappa shape index (κ2) is 5.49. The summed E-state index contributed by atoms with van der Waals surface area (Å²) in [5, 5.41) is 2.97. The molecule has 1 saturated carbocycles. The molecule has 5 heteroatoms. The Morgan fingerprint density at radius 2 is 2.00 bits per heavy atom. The first-order chi connectivity index (χ1) is 8.83. The molecule has 0 radical (unpaired) electrons. The molecule has 19 heavy (non-hydrogen) atoms. The van der Waals surface area contributed by atoms with E-state index in [4.69, 9.17) is 0 Å². The van der Waals surface area contributed by atoms with Gasteiger partial charge in [0.05, 0.1) is 6.42 Å². The van der Waals surface area contributed by atoms with E-state index in [9.17, 15) is 17.6 Å². The maximum Gasteiger partial charge on any atom is 0.390 e. The molecule has 1 fully saturated rings. The average Bonchev–Trinajstić information content (AvgIpc) is 2.20. The summed E-state index contributed by atoms with van der Waals surface area (Å²) in [6, 6.07) is 5.95. The Kier molecular flexibility index (Phi) is 4.13. The summed E-state index contributed by atoms with van der Waals surface area (Å²) in [4.78, 5) is 0. The van der Waals surface area contributed by atoms with Crippen molar-refractivity contribution >= 4 is 0 Å². The zero-order chi connectivity index (χ0) is 14.0. The zero-order valence-electron chi connectivity index (χ0n) is 10.7. The van der Waals surface area contributed by atoms with Crippen molar-refractivity contribution in [1.29, 1.82) is 0 Å². The standard InChI is InChI=1S/C14H17F4N/c1-9(8-14(16,17)18)19-13-6-11(7-13)10-3-2-4-12(15)5-10/h2-5,9,11,13,19H,6-8H2,1H3. The van der Waals surface area contributed by atoms with Gasteiger partial charge in [0.25, 0.3) is 0 Å². The van der Waals surface area contributed by atoms with E-state index in [0.717, 1.165) is 18.4 Å². The Balaban J connectivity index is 1.77. The second-order valence-corrected chi connectivity index (χ2v) is 5.31. The van der Waals surface area contributed by atoms with Crippen molar-refractivity contribution in [3.8, 4) is 0 Å². The minimum absolute atomic E-state index is 0.102. The number of nitrogens with one attached hydrogen (secondary N) is 1. The third kappa shape index (κ3) is 4.20. The van der Waals surface area contributed by atoms with Crippen molar-refractivity contribution in [3.05, 3.63) is 35.6 Å². The van der Waals surface area contributed by atoms with Gasteiger partial charge in [-0.3, -0.25) is 0 Å². The number of alkyl halides is 3. The average molecular weight is 275 g/mol. The van der Waals surface area contributed by atoms with Crippen molar-refractivity contribution in [3.63, 3.8) is 0 Å². The molecule has 1 atom stereocenters. The quantitative estimate of drug-likeness (QED) is 0.819. The molecule has 1 nitrogen and oxygen atoms in total. The Morgan fingerprint density at radius 1 is 1.32 bits per heavy atom. The minimum Gasteiger partial charge on any atom is -0.311 e. The Morgan fingerprint density at radius 3 is 2.58 bits per heavy atom. The van der Waals surface area contributed by atoms with Crippen LogP contribution in [0.1, 0.15) is 37.7 Å². The Hall–Kier alpha value is -1.10. The summed E-state index contributed by atoms with van der Waals surface area (Å²) in [6.45, 7) is 1.54. The summed E-state index contributed by atoms with van der Waals surface area (Å²) in [5.74, 6) is -0.00867. The first-order valence-corrected chi connectivity index (χ1v) is 6.42. The predicted octanol–water partition coefficient (Wildman–Crippen LogP) is 4.00. The van der Waals surface area contributed by atoms with Gasteiger partial charge in [0.2, 0.25) is 0 Å². The van der Waals surface area contributed by atoms with Crippen molar-refractivity contribution in [2.24, 2.45) is 0 Å². The molecule has 0 aliphatic heterocycles. The molecule has 1 aliphatic rings. The first kappa shape index (κ1) is 14.3. The van der Waals surface area contributed by atoms with E-state index in [1.807, 2.05) is 6.07 Å². The van der Waals surface area contributed by atoms with E-state index >= 15 is 0 Å². The van der Waals surface area contributed by atoms with Gasteiger partial charge < -0.3 is 5.32 Å². The molecule has 1 unspecified atom stereocenters. The fourth-order valence-electron chi connectivity index (χ4n) is 2.60. The lowest BCUT2D eigenvalue weighted by Gasteiger charge is -2.38. The molecule has 1 N–H and O–H groups in total. The molecule has 0 aromatic heterocycles. The molecule has 1 aliphatic carbocycles. The van der Waals surface area contributed by atoms with Crippen LogP contribution in [-0.4, -0.2) is 18.3 Å². The largest absolute Gasteiger partial charge is 0.390 e. The van der Waals surface area contributed by atoms with Crippen molar-refractivity contribution in [1.82, 2.24) is 5.32 Å². The number of hydrogen-bond acceptors (Lipinski definition) is 1. The number of hydrogen-bond donors (Lipinski definition) is 1. The van der Waals surface area contributed by atoms with E-state index in [1.54, 1.807) is 13.0 Å². The van der Waals surface area contributed by atoms with Gasteiger partial charge in [-0.2, -0.15) is 13.2 Å². The molecule has 0 bridgehead atoms.